The van der Waals surface area contributed by atoms with Crippen LogP contribution in [-0.2, 0) is 9.59 Å². The van der Waals surface area contributed by atoms with Gasteiger partial charge in [-0.15, -0.1) is 0 Å². The largest absolute Gasteiger partial charge is 0.480 e. The van der Waals surface area contributed by atoms with Crippen LogP contribution in [0.3, 0.4) is 0 Å². The predicted octanol–water partition coefficient (Wildman–Crippen LogP) is 4.83. The summed E-state index contributed by atoms with van der Waals surface area (Å²) in [6, 6.07) is -1.20. The van der Waals surface area contributed by atoms with Crippen molar-refractivity contribution in [2.24, 2.45) is 5.92 Å². The van der Waals surface area contributed by atoms with Gasteiger partial charge in [-0.2, -0.15) is 0 Å². The number of amides is 1. The zero-order valence-electron chi connectivity index (χ0n) is 17.4. The Hall–Kier alpha value is -1.36. The molecule has 0 heterocycles. The van der Waals surface area contributed by atoms with Gasteiger partial charge in [0.25, 0.3) is 0 Å². The maximum atomic E-state index is 11.8. The minimum Gasteiger partial charge on any atom is -0.480 e. The van der Waals surface area contributed by atoms with Gasteiger partial charge in [-0.1, -0.05) is 77.4 Å². The lowest BCUT2D eigenvalue weighted by Crippen LogP contribution is -2.43. The van der Waals surface area contributed by atoms with Gasteiger partial charge in [-0.25, -0.2) is 4.79 Å². The average molecular weight is 384 g/mol. The van der Waals surface area contributed by atoms with Crippen LogP contribution in [0.1, 0.15) is 97.3 Å². The Balaban J connectivity index is 3.54. The van der Waals surface area contributed by atoms with Gasteiger partial charge in [0.15, 0.2) is 0 Å². The van der Waals surface area contributed by atoms with Crippen LogP contribution in [0.4, 0.5) is 0 Å². The zero-order valence-corrected chi connectivity index (χ0v) is 17.4. The quantitative estimate of drug-likeness (QED) is 0.234. The van der Waals surface area contributed by atoms with Crippen molar-refractivity contribution < 1.29 is 19.8 Å². The Bertz CT molecular complexity index is 409. The van der Waals surface area contributed by atoms with Crippen molar-refractivity contribution in [3.8, 4) is 0 Å². The second-order valence-corrected chi connectivity index (χ2v) is 7.62. The summed E-state index contributed by atoms with van der Waals surface area (Å²) in [7, 11) is 0. The third kappa shape index (κ3) is 16.5. The molecule has 0 aromatic rings. The number of nitrogens with one attached hydrogen (secondary N) is 1. The molecule has 0 aromatic heterocycles. The number of hydrogen-bond acceptors (Lipinski definition) is 3. The van der Waals surface area contributed by atoms with Crippen molar-refractivity contribution in [2.75, 3.05) is 6.61 Å². The fourth-order valence-corrected chi connectivity index (χ4v) is 3.07. The molecule has 2 unspecified atom stereocenters. The molecule has 2 atom stereocenters. The number of carboxylic acid groups (broad SMARTS) is 1. The van der Waals surface area contributed by atoms with Crippen molar-refractivity contribution in [3.05, 3.63) is 12.2 Å². The molecule has 0 radical (unpaired) electrons. The Labute approximate surface area is 165 Å². The molecule has 3 N–H and O–H groups in total. The molecule has 0 aliphatic rings. The standard InChI is InChI=1S/C22H41NO4/c1-3-4-5-6-7-8-9-10-11-12-13-14-15-16-19(2)17-21(25)23-20(18-24)22(26)27/h10-11,19-20,24H,3-9,12-18H2,1-2H3,(H,23,25)(H,26,27)/b11-10-. The first-order chi connectivity index (χ1) is 13.0. The molecule has 5 nitrogen and oxygen atoms in total. The summed E-state index contributed by atoms with van der Waals surface area (Å²) in [6.07, 6.45) is 19.7. The van der Waals surface area contributed by atoms with Gasteiger partial charge < -0.3 is 15.5 Å². The highest BCUT2D eigenvalue weighted by molar-refractivity contribution is 5.83. The van der Waals surface area contributed by atoms with Crippen LogP contribution in [0.15, 0.2) is 12.2 Å². The number of unbranched alkanes of at least 4 members (excludes halogenated alkanes) is 9. The normalized spacial score (nSPS) is 13.6. The molecule has 0 bridgehead atoms. The van der Waals surface area contributed by atoms with Crippen molar-refractivity contribution in [1.82, 2.24) is 5.32 Å². The minimum atomic E-state index is -1.21. The van der Waals surface area contributed by atoms with Gasteiger partial charge in [0.05, 0.1) is 6.61 Å². The van der Waals surface area contributed by atoms with E-state index in [2.05, 4.69) is 24.4 Å². The summed E-state index contributed by atoms with van der Waals surface area (Å²) in [5.41, 5.74) is 0. The zero-order chi connectivity index (χ0) is 20.3. The van der Waals surface area contributed by atoms with E-state index in [0.29, 0.717) is 6.42 Å². The summed E-state index contributed by atoms with van der Waals surface area (Å²) in [6.45, 7) is 3.67. The van der Waals surface area contributed by atoms with Crippen molar-refractivity contribution in [1.29, 1.82) is 0 Å². The molecule has 0 rings (SSSR count). The number of allylic oxidation sites excluding steroid dienone is 2. The highest BCUT2D eigenvalue weighted by Crippen LogP contribution is 2.14. The number of aliphatic hydroxyl groups excluding tert-OH is 1. The van der Waals surface area contributed by atoms with Gasteiger partial charge in [0.1, 0.15) is 6.04 Å². The molecule has 0 saturated heterocycles. The van der Waals surface area contributed by atoms with Crippen LogP contribution >= 0.6 is 0 Å². The van der Waals surface area contributed by atoms with E-state index < -0.39 is 18.6 Å². The first-order valence-corrected chi connectivity index (χ1v) is 10.8. The fraction of sp³-hybridized carbons (Fsp3) is 0.818. The molecule has 0 aromatic carbocycles. The van der Waals surface area contributed by atoms with Crippen LogP contribution in [-0.4, -0.2) is 34.7 Å². The topological polar surface area (TPSA) is 86.6 Å². The van der Waals surface area contributed by atoms with E-state index in [1.165, 1.54) is 51.4 Å². The first kappa shape index (κ1) is 25.6. The van der Waals surface area contributed by atoms with Crippen molar-refractivity contribution in [3.63, 3.8) is 0 Å². The van der Waals surface area contributed by atoms with Gasteiger partial charge in [-0.05, 0) is 31.6 Å². The Morgan fingerprint density at radius 2 is 1.48 bits per heavy atom. The Kier molecular flexibility index (Phi) is 17.1. The van der Waals surface area contributed by atoms with E-state index in [-0.39, 0.29) is 11.8 Å². The number of rotatable bonds is 18. The first-order valence-electron chi connectivity index (χ1n) is 10.8. The van der Waals surface area contributed by atoms with Gasteiger partial charge in [0.2, 0.25) is 5.91 Å². The van der Waals surface area contributed by atoms with Crippen LogP contribution < -0.4 is 5.32 Å². The number of carboxylic acids is 1. The van der Waals surface area contributed by atoms with Crippen molar-refractivity contribution in [2.45, 2.75) is 103 Å². The van der Waals surface area contributed by atoms with E-state index in [4.69, 9.17) is 10.2 Å². The maximum Gasteiger partial charge on any atom is 0.328 e. The number of carbonyl (C=O) groups is 2. The SMILES string of the molecule is CCCCCCCC/C=C\CCCCCC(C)CC(=O)NC(CO)C(=O)O. The minimum absolute atomic E-state index is 0.224. The fourth-order valence-electron chi connectivity index (χ4n) is 3.07. The highest BCUT2D eigenvalue weighted by atomic mass is 16.4. The number of aliphatic hydroxyl groups is 1. The summed E-state index contributed by atoms with van der Waals surface area (Å²) >= 11 is 0. The molecule has 5 heteroatoms. The van der Waals surface area contributed by atoms with E-state index in [1.807, 2.05) is 6.92 Å². The summed E-state index contributed by atoms with van der Waals surface area (Å²) in [5, 5.41) is 20.1. The van der Waals surface area contributed by atoms with Crippen molar-refractivity contribution >= 4 is 11.9 Å². The summed E-state index contributed by atoms with van der Waals surface area (Å²) in [4.78, 5) is 22.5. The predicted molar refractivity (Wildman–Crippen MR) is 111 cm³/mol. The Morgan fingerprint density at radius 1 is 0.926 bits per heavy atom. The van der Waals surface area contributed by atoms with E-state index in [0.717, 1.165) is 25.7 Å². The molecule has 158 valence electrons. The molecule has 0 aliphatic heterocycles. The second-order valence-electron chi connectivity index (χ2n) is 7.62. The molecule has 27 heavy (non-hydrogen) atoms. The van der Waals surface area contributed by atoms with Gasteiger partial charge in [-0.3, -0.25) is 4.79 Å². The Morgan fingerprint density at radius 3 is 2.04 bits per heavy atom. The molecular formula is C22H41NO4. The lowest BCUT2D eigenvalue weighted by Gasteiger charge is -2.14. The second kappa shape index (κ2) is 18.0. The monoisotopic (exact) mass is 383 g/mol. The molecule has 0 fully saturated rings. The van der Waals surface area contributed by atoms with E-state index in [9.17, 15) is 9.59 Å². The van der Waals surface area contributed by atoms with E-state index in [1.54, 1.807) is 0 Å². The molecule has 0 saturated carbocycles. The lowest BCUT2D eigenvalue weighted by molar-refractivity contribution is -0.143. The number of aliphatic carboxylic acids is 1. The highest BCUT2D eigenvalue weighted by Gasteiger charge is 2.19. The third-order valence-electron chi connectivity index (χ3n) is 4.81. The summed E-state index contributed by atoms with van der Waals surface area (Å²) in [5.74, 6) is -1.29. The van der Waals surface area contributed by atoms with Crippen LogP contribution in [0.25, 0.3) is 0 Å². The third-order valence-corrected chi connectivity index (χ3v) is 4.81. The van der Waals surface area contributed by atoms with Gasteiger partial charge in [0, 0.05) is 6.42 Å². The lowest BCUT2D eigenvalue weighted by atomic mass is 9.99. The smallest absolute Gasteiger partial charge is 0.328 e. The summed E-state index contributed by atoms with van der Waals surface area (Å²) < 4.78 is 0. The average Bonchev–Trinajstić information content (AvgIpc) is 2.63. The van der Waals surface area contributed by atoms with E-state index >= 15 is 0 Å². The van der Waals surface area contributed by atoms with Crippen LogP contribution in [0.5, 0.6) is 0 Å². The molecule has 0 spiro atoms. The van der Waals surface area contributed by atoms with Gasteiger partial charge >= 0.3 is 5.97 Å². The molecule has 0 aliphatic carbocycles. The maximum absolute atomic E-state index is 11.8. The number of carbonyl (C=O) groups excluding carboxylic acids is 1. The van der Waals surface area contributed by atoms with Crippen LogP contribution in [0.2, 0.25) is 0 Å². The number of hydrogen-bond donors (Lipinski definition) is 3. The molecule has 1 amide bonds. The molecular weight excluding hydrogens is 342 g/mol. The van der Waals surface area contributed by atoms with Crippen LogP contribution in [0, 0.1) is 5.92 Å².